The first-order valence-corrected chi connectivity index (χ1v) is 14.5. The molecule has 2 aliphatic rings. The number of nitrogens with zero attached hydrogens (tertiary/aromatic N) is 2. The molecule has 0 saturated carbocycles. The van der Waals surface area contributed by atoms with Gasteiger partial charge in [-0.1, -0.05) is 43.1 Å². The standard InChI is InChI=1S/C28H40Cl2N2OS/c1-20(2)12-26(33-3)13-21-6-9-31(10-7-21)16-24-17-32(18-27(24)23-8-11-34-19-23)15-22-4-5-25(29)14-28(22)30/h4-5,8,11,14,19-21,24,26-27H,6-7,9-10,12-13,15-18H2,1-3H3/t24-,26?,27+/m0/s1. The molecule has 1 unspecified atom stereocenters. The van der Waals surface area contributed by atoms with Gasteiger partial charge in [-0.25, -0.2) is 0 Å². The Kier molecular flexibility index (Phi) is 9.77. The van der Waals surface area contributed by atoms with Gasteiger partial charge in [0.25, 0.3) is 0 Å². The Morgan fingerprint density at radius 3 is 2.53 bits per heavy atom. The van der Waals surface area contributed by atoms with E-state index in [0.717, 1.165) is 30.6 Å². The van der Waals surface area contributed by atoms with Gasteiger partial charge in [-0.3, -0.25) is 4.90 Å². The third-order valence-electron chi connectivity index (χ3n) is 7.76. The Labute approximate surface area is 220 Å². The topological polar surface area (TPSA) is 15.7 Å². The highest BCUT2D eigenvalue weighted by Crippen LogP contribution is 2.37. The van der Waals surface area contributed by atoms with E-state index in [1.54, 1.807) is 0 Å². The Morgan fingerprint density at radius 2 is 1.88 bits per heavy atom. The number of ether oxygens (including phenoxy) is 1. The molecule has 188 valence electrons. The van der Waals surface area contributed by atoms with Gasteiger partial charge < -0.3 is 9.64 Å². The molecule has 0 amide bonds. The van der Waals surface area contributed by atoms with Crippen LogP contribution in [0.2, 0.25) is 10.0 Å². The minimum atomic E-state index is 0.419. The summed E-state index contributed by atoms with van der Waals surface area (Å²) in [4.78, 5) is 5.31. The molecular formula is C28H40Cl2N2OS. The van der Waals surface area contributed by atoms with Gasteiger partial charge in [-0.2, -0.15) is 11.3 Å². The average Bonchev–Trinajstić information content (AvgIpc) is 3.46. The number of hydrogen-bond acceptors (Lipinski definition) is 4. The van der Waals surface area contributed by atoms with Gasteiger partial charge in [-0.15, -0.1) is 0 Å². The number of hydrogen-bond donors (Lipinski definition) is 0. The molecule has 1 aromatic carbocycles. The van der Waals surface area contributed by atoms with Crippen molar-refractivity contribution < 1.29 is 4.74 Å². The fourth-order valence-corrected chi connectivity index (χ4v) is 7.14. The minimum Gasteiger partial charge on any atom is -0.381 e. The summed E-state index contributed by atoms with van der Waals surface area (Å²) < 4.78 is 5.79. The highest BCUT2D eigenvalue weighted by molar-refractivity contribution is 7.08. The number of piperidine rings is 1. The van der Waals surface area contributed by atoms with E-state index in [1.165, 1.54) is 56.4 Å². The number of halogens is 2. The van der Waals surface area contributed by atoms with Crippen LogP contribution in [0.1, 0.15) is 56.6 Å². The van der Waals surface area contributed by atoms with E-state index in [0.29, 0.717) is 28.9 Å². The second-order valence-corrected chi connectivity index (χ2v) is 12.4. The molecule has 34 heavy (non-hydrogen) atoms. The second-order valence-electron chi connectivity index (χ2n) is 10.8. The Morgan fingerprint density at radius 1 is 1.09 bits per heavy atom. The zero-order chi connectivity index (χ0) is 24.1. The van der Waals surface area contributed by atoms with Crippen LogP contribution in [-0.2, 0) is 11.3 Å². The van der Waals surface area contributed by atoms with Gasteiger partial charge in [0.05, 0.1) is 6.10 Å². The van der Waals surface area contributed by atoms with Crippen molar-refractivity contribution in [3.63, 3.8) is 0 Å². The number of benzene rings is 1. The predicted molar refractivity (Wildman–Crippen MR) is 146 cm³/mol. The molecule has 0 N–H and O–H groups in total. The average molecular weight is 524 g/mol. The fourth-order valence-electron chi connectivity index (χ4n) is 5.95. The summed E-state index contributed by atoms with van der Waals surface area (Å²) in [6.07, 6.45) is 5.42. The molecule has 3 heterocycles. The zero-order valence-electron chi connectivity index (χ0n) is 20.9. The van der Waals surface area contributed by atoms with E-state index in [1.807, 2.05) is 30.6 Å². The van der Waals surface area contributed by atoms with E-state index < -0.39 is 0 Å². The van der Waals surface area contributed by atoms with E-state index in [-0.39, 0.29) is 0 Å². The number of thiophene rings is 1. The third kappa shape index (κ3) is 7.21. The molecule has 6 heteroatoms. The van der Waals surface area contributed by atoms with E-state index >= 15 is 0 Å². The Balaban J connectivity index is 1.33. The SMILES string of the molecule is COC(CC(C)C)CC1CCN(C[C@H]2CN(Cc3ccc(Cl)cc3Cl)C[C@@H]2c2ccsc2)CC1. The smallest absolute Gasteiger partial charge is 0.0576 e. The lowest BCUT2D eigenvalue weighted by Gasteiger charge is -2.35. The summed E-state index contributed by atoms with van der Waals surface area (Å²) in [5, 5.41) is 6.05. The van der Waals surface area contributed by atoms with Crippen LogP contribution < -0.4 is 0 Å². The van der Waals surface area contributed by atoms with Crippen molar-refractivity contribution in [2.24, 2.45) is 17.8 Å². The van der Waals surface area contributed by atoms with Gasteiger partial charge in [0, 0.05) is 49.3 Å². The van der Waals surface area contributed by atoms with Crippen molar-refractivity contribution in [1.29, 1.82) is 0 Å². The Bertz CT molecular complexity index is 883. The molecular weight excluding hydrogens is 483 g/mol. The van der Waals surface area contributed by atoms with Gasteiger partial charge in [-0.05, 0) is 96.6 Å². The lowest BCUT2D eigenvalue weighted by Crippen LogP contribution is -2.39. The second kappa shape index (κ2) is 12.6. The lowest BCUT2D eigenvalue weighted by atomic mass is 9.86. The molecule has 2 saturated heterocycles. The van der Waals surface area contributed by atoms with E-state index in [2.05, 4.69) is 46.5 Å². The number of methoxy groups -OCH3 is 1. The predicted octanol–water partition coefficient (Wildman–Crippen LogP) is 7.43. The Hall–Kier alpha value is -0.620. The largest absolute Gasteiger partial charge is 0.381 e. The normalized spacial score (nSPS) is 23.7. The lowest BCUT2D eigenvalue weighted by molar-refractivity contribution is 0.0484. The highest BCUT2D eigenvalue weighted by atomic mass is 35.5. The first kappa shape index (κ1) is 26.4. The third-order valence-corrected chi connectivity index (χ3v) is 9.05. The summed E-state index contributed by atoms with van der Waals surface area (Å²) in [5.41, 5.74) is 2.68. The van der Waals surface area contributed by atoms with Crippen molar-refractivity contribution in [3.05, 3.63) is 56.2 Å². The maximum atomic E-state index is 6.50. The van der Waals surface area contributed by atoms with Crippen molar-refractivity contribution >= 4 is 34.5 Å². The van der Waals surface area contributed by atoms with E-state index in [4.69, 9.17) is 27.9 Å². The first-order valence-electron chi connectivity index (χ1n) is 12.8. The molecule has 0 bridgehead atoms. The van der Waals surface area contributed by atoms with Crippen LogP contribution in [0.5, 0.6) is 0 Å². The van der Waals surface area contributed by atoms with Crippen LogP contribution in [0.4, 0.5) is 0 Å². The first-order chi connectivity index (χ1) is 16.4. The fraction of sp³-hybridized carbons (Fsp3) is 0.643. The van der Waals surface area contributed by atoms with Crippen molar-refractivity contribution in [2.45, 2.75) is 58.1 Å². The molecule has 3 nitrogen and oxygen atoms in total. The summed E-state index contributed by atoms with van der Waals surface area (Å²) in [6.45, 7) is 11.3. The molecule has 3 atom stereocenters. The molecule has 1 aromatic heterocycles. The van der Waals surface area contributed by atoms with Crippen LogP contribution in [-0.4, -0.2) is 55.7 Å². The van der Waals surface area contributed by atoms with Gasteiger partial charge in [0.1, 0.15) is 0 Å². The van der Waals surface area contributed by atoms with Crippen LogP contribution in [0.15, 0.2) is 35.0 Å². The zero-order valence-corrected chi connectivity index (χ0v) is 23.2. The molecule has 2 aromatic rings. The molecule has 4 rings (SSSR count). The molecule has 0 spiro atoms. The summed E-state index contributed by atoms with van der Waals surface area (Å²) in [6, 6.07) is 8.22. The summed E-state index contributed by atoms with van der Waals surface area (Å²) >= 11 is 14.4. The molecule has 0 aliphatic carbocycles. The van der Waals surface area contributed by atoms with Crippen molar-refractivity contribution in [3.8, 4) is 0 Å². The summed E-state index contributed by atoms with van der Waals surface area (Å²) in [5.74, 6) is 2.76. The molecule has 2 aliphatic heterocycles. The monoisotopic (exact) mass is 522 g/mol. The summed E-state index contributed by atoms with van der Waals surface area (Å²) in [7, 11) is 1.88. The van der Waals surface area contributed by atoms with Crippen LogP contribution in [0.3, 0.4) is 0 Å². The maximum Gasteiger partial charge on any atom is 0.0576 e. The number of likely N-dealkylation sites (tertiary alicyclic amines) is 2. The highest BCUT2D eigenvalue weighted by Gasteiger charge is 2.36. The maximum absolute atomic E-state index is 6.50. The van der Waals surface area contributed by atoms with Crippen molar-refractivity contribution in [1.82, 2.24) is 9.80 Å². The van der Waals surface area contributed by atoms with Crippen molar-refractivity contribution in [2.75, 3.05) is 39.8 Å². The molecule has 2 fully saturated rings. The van der Waals surface area contributed by atoms with Crippen LogP contribution in [0.25, 0.3) is 0 Å². The van der Waals surface area contributed by atoms with Gasteiger partial charge >= 0.3 is 0 Å². The van der Waals surface area contributed by atoms with Gasteiger partial charge in [0.15, 0.2) is 0 Å². The number of rotatable bonds is 10. The molecule has 0 radical (unpaired) electrons. The quantitative estimate of drug-likeness (QED) is 0.322. The van der Waals surface area contributed by atoms with Gasteiger partial charge in [0.2, 0.25) is 0 Å². The minimum absolute atomic E-state index is 0.419. The van der Waals surface area contributed by atoms with Crippen LogP contribution >= 0.6 is 34.5 Å². The van der Waals surface area contributed by atoms with E-state index in [9.17, 15) is 0 Å². The van der Waals surface area contributed by atoms with Crippen LogP contribution in [0, 0.1) is 17.8 Å².